The largest absolute Gasteiger partial charge is 0.467 e. The van der Waals surface area contributed by atoms with Crippen molar-refractivity contribution in [3.8, 4) is 0 Å². The Balaban J connectivity index is 2.90. The maximum atomic E-state index is 13.6. The van der Waals surface area contributed by atoms with Gasteiger partial charge in [-0.05, 0) is 12.5 Å². The van der Waals surface area contributed by atoms with Crippen molar-refractivity contribution in [2.24, 2.45) is 0 Å². The second-order valence-electron chi connectivity index (χ2n) is 3.55. The number of methoxy groups -OCH3 is 1. The van der Waals surface area contributed by atoms with Crippen LogP contribution in [0.1, 0.15) is 13.3 Å². The van der Waals surface area contributed by atoms with Gasteiger partial charge in [-0.25, -0.2) is 9.18 Å². The summed E-state index contributed by atoms with van der Waals surface area (Å²) in [4.78, 5) is 21.1. The van der Waals surface area contributed by atoms with Crippen LogP contribution in [0.15, 0.2) is 18.2 Å². The molecule has 7 heteroatoms. The zero-order valence-corrected chi connectivity index (χ0v) is 9.97. The van der Waals surface area contributed by atoms with E-state index in [2.05, 4.69) is 10.1 Å². The van der Waals surface area contributed by atoms with Crippen molar-refractivity contribution >= 4 is 17.3 Å². The highest BCUT2D eigenvalue weighted by Gasteiger charge is 2.19. The third-order valence-electron chi connectivity index (χ3n) is 2.39. The first-order valence-electron chi connectivity index (χ1n) is 5.27. The van der Waals surface area contributed by atoms with E-state index in [1.165, 1.54) is 13.2 Å². The number of anilines is 1. The molecule has 98 valence electrons. The minimum Gasteiger partial charge on any atom is -0.467 e. The summed E-state index contributed by atoms with van der Waals surface area (Å²) < 4.78 is 18.1. The topological polar surface area (TPSA) is 81.5 Å². The summed E-state index contributed by atoms with van der Waals surface area (Å²) in [5, 5.41) is 13.1. The van der Waals surface area contributed by atoms with E-state index < -0.39 is 22.8 Å². The Bertz CT molecular complexity index is 464. The minimum absolute atomic E-state index is 0.0258. The summed E-state index contributed by atoms with van der Waals surface area (Å²) in [6.07, 6.45) is 0.406. The summed E-state index contributed by atoms with van der Waals surface area (Å²) in [5.74, 6) is -1.30. The third kappa shape index (κ3) is 3.16. The van der Waals surface area contributed by atoms with E-state index in [0.717, 1.165) is 12.1 Å². The van der Waals surface area contributed by atoms with Crippen LogP contribution in [-0.4, -0.2) is 24.0 Å². The molecule has 0 saturated carbocycles. The number of esters is 1. The van der Waals surface area contributed by atoms with Crippen molar-refractivity contribution in [3.05, 3.63) is 34.1 Å². The number of benzene rings is 1. The van der Waals surface area contributed by atoms with Crippen molar-refractivity contribution < 1.29 is 18.8 Å². The predicted octanol–water partition coefficient (Wildman–Crippen LogP) is 2.10. The zero-order chi connectivity index (χ0) is 13.7. The highest BCUT2D eigenvalue weighted by molar-refractivity contribution is 5.79. The summed E-state index contributed by atoms with van der Waals surface area (Å²) >= 11 is 0. The summed E-state index contributed by atoms with van der Waals surface area (Å²) in [5.41, 5.74) is -0.318. The number of carbonyl (C=O) groups is 1. The molecule has 1 aromatic rings. The monoisotopic (exact) mass is 256 g/mol. The van der Waals surface area contributed by atoms with Gasteiger partial charge in [0.05, 0.1) is 23.8 Å². The van der Waals surface area contributed by atoms with Gasteiger partial charge in [-0.3, -0.25) is 10.1 Å². The van der Waals surface area contributed by atoms with Gasteiger partial charge in [0.15, 0.2) is 5.82 Å². The van der Waals surface area contributed by atoms with Gasteiger partial charge in [0.1, 0.15) is 6.04 Å². The Morgan fingerprint density at radius 1 is 1.61 bits per heavy atom. The molecule has 18 heavy (non-hydrogen) atoms. The number of halogens is 1. The number of hydrogen-bond donors (Lipinski definition) is 1. The lowest BCUT2D eigenvalue weighted by atomic mass is 10.2. The van der Waals surface area contributed by atoms with E-state index in [0.29, 0.717) is 6.42 Å². The summed E-state index contributed by atoms with van der Waals surface area (Å²) in [6.45, 7) is 1.73. The standard InChI is InChI=1S/C11H13FN2O4/c1-3-9(11(15)18-2)13-10-5-4-7(14(16)17)6-8(10)12/h4-6,9,13H,3H2,1-2H3. The summed E-state index contributed by atoms with van der Waals surface area (Å²) in [6, 6.07) is 2.49. The molecule has 0 heterocycles. The van der Waals surface area contributed by atoms with Crippen LogP contribution in [0.3, 0.4) is 0 Å². The minimum atomic E-state index is -0.786. The van der Waals surface area contributed by atoms with Gasteiger partial charge in [-0.15, -0.1) is 0 Å². The fourth-order valence-corrected chi connectivity index (χ4v) is 1.39. The number of nitro groups is 1. The molecule has 0 spiro atoms. The Kier molecular flexibility index (Phi) is 4.59. The van der Waals surface area contributed by atoms with E-state index in [1.54, 1.807) is 6.92 Å². The molecule has 0 amide bonds. The van der Waals surface area contributed by atoms with Gasteiger partial charge in [0.25, 0.3) is 5.69 Å². The average molecular weight is 256 g/mol. The van der Waals surface area contributed by atoms with Gasteiger partial charge in [0, 0.05) is 6.07 Å². The lowest BCUT2D eigenvalue weighted by Gasteiger charge is -2.15. The first-order valence-corrected chi connectivity index (χ1v) is 5.27. The Labute approximate surface area is 103 Å². The fourth-order valence-electron chi connectivity index (χ4n) is 1.39. The first-order chi connectivity index (χ1) is 8.49. The quantitative estimate of drug-likeness (QED) is 0.495. The Morgan fingerprint density at radius 3 is 2.72 bits per heavy atom. The molecule has 0 aromatic heterocycles. The van der Waals surface area contributed by atoms with Gasteiger partial charge in [-0.1, -0.05) is 6.92 Å². The molecule has 0 aliphatic heterocycles. The van der Waals surface area contributed by atoms with E-state index in [1.807, 2.05) is 0 Å². The zero-order valence-electron chi connectivity index (χ0n) is 9.97. The lowest BCUT2D eigenvalue weighted by molar-refractivity contribution is -0.385. The molecule has 0 fully saturated rings. The number of nitro benzene ring substituents is 1. The number of ether oxygens (including phenoxy) is 1. The molecule has 1 rings (SSSR count). The molecule has 0 aliphatic carbocycles. The van der Waals surface area contributed by atoms with Crippen LogP contribution in [0.5, 0.6) is 0 Å². The molecule has 0 bridgehead atoms. The Hall–Kier alpha value is -2.18. The molecule has 1 atom stereocenters. The molecule has 0 saturated heterocycles. The van der Waals surface area contributed by atoms with Crippen molar-refractivity contribution in [2.75, 3.05) is 12.4 Å². The van der Waals surface area contributed by atoms with Crippen LogP contribution < -0.4 is 5.32 Å². The van der Waals surface area contributed by atoms with Crippen molar-refractivity contribution in [1.29, 1.82) is 0 Å². The second kappa shape index (κ2) is 5.95. The SMILES string of the molecule is CCC(Nc1ccc([N+](=O)[O-])cc1F)C(=O)OC. The highest BCUT2D eigenvalue weighted by Crippen LogP contribution is 2.21. The van der Waals surface area contributed by atoms with Gasteiger partial charge in [-0.2, -0.15) is 0 Å². The number of hydrogen-bond acceptors (Lipinski definition) is 5. The lowest BCUT2D eigenvalue weighted by Crippen LogP contribution is -2.30. The van der Waals surface area contributed by atoms with E-state index in [9.17, 15) is 19.3 Å². The van der Waals surface area contributed by atoms with Crippen LogP contribution in [0.25, 0.3) is 0 Å². The predicted molar refractivity (Wildman–Crippen MR) is 62.8 cm³/mol. The number of nitrogens with one attached hydrogen (secondary N) is 1. The van der Waals surface area contributed by atoms with Crippen LogP contribution in [0.4, 0.5) is 15.8 Å². The Morgan fingerprint density at radius 2 is 2.28 bits per heavy atom. The smallest absolute Gasteiger partial charge is 0.328 e. The molecule has 6 nitrogen and oxygen atoms in total. The van der Waals surface area contributed by atoms with Crippen molar-refractivity contribution in [2.45, 2.75) is 19.4 Å². The number of carbonyl (C=O) groups excluding carboxylic acids is 1. The van der Waals surface area contributed by atoms with Crippen molar-refractivity contribution in [3.63, 3.8) is 0 Å². The molecule has 1 N–H and O–H groups in total. The highest BCUT2D eigenvalue weighted by atomic mass is 19.1. The maximum Gasteiger partial charge on any atom is 0.328 e. The maximum absolute atomic E-state index is 13.6. The first kappa shape index (κ1) is 13.9. The third-order valence-corrected chi connectivity index (χ3v) is 2.39. The molecule has 0 aliphatic rings. The van der Waals surface area contributed by atoms with E-state index in [-0.39, 0.29) is 11.4 Å². The van der Waals surface area contributed by atoms with Gasteiger partial charge < -0.3 is 10.1 Å². The molecule has 0 radical (unpaired) electrons. The van der Waals surface area contributed by atoms with Crippen LogP contribution >= 0.6 is 0 Å². The number of rotatable bonds is 5. The second-order valence-corrected chi connectivity index (χ2v) is 3.55. The van der Waals surface area contributed by atoms with Crippen LogP contribution in [-0.2, 0) is 9.53 Å². The normalized spacial score (nSPS) is 11.7. The molecular formula is C11H13FN2O4. The van der Waals surface area contributed by atoms with Crippen LogP contribution in [0.2, 0.25) is 0 Å². The molecule has 1 unspecified atom stereocenters. The van der Waals surface area contributed by atoms with E-state index in [4.69, 9.17) is 0 Å². The molecular weight excluding hydrogens is 243 g/mol. The van der Waals surface area contributed by atoms with E-state index >= 15 is 0 Å². The van der Waals surface area contributed by atoms with Gasteiger partial charge >= 0.3 is 5.97 Å². The fraction of sp³-hybridized carbons (Fsp3) is 0.364. The molecule has 1 aromatic carbocycles. The van der Waals surface area contributed by atoms with Crippen molar-refractivity contribution in [1.82, 2.24) is 0 Å². The summed E-state index contributed by atoms with van der Waals surface area (Å²) in [7, 11) is 1.23. The number of non-ortho nitro benzene ring substituents is 1. The van der Waals surface area contributed by atoms with Crippen LogP contribution in [0, 0.1) is 15.9 Å². The number of nitrogens with zero attached hydrogens (tertiary/aromatic N) is 1. The average Bonchev–Trinajstić information content (AvgIpc) is 2.36. The van der Waals surface area contributed by atoms with Gasteiger partial charge in [0.2, 0.25) is 0 Å².